The van der Waals surface area contributed by atoms with Crippen molar-refractivity contribution in [1.82, 2.24) is 19.5 Å². The van der Waals surface area contributed by atoms with Crippen molar-refractivity contribution in [2.24, 2.45) is 5.92 Å². The molecule has 1 aliphatic heterocycles. The van der Waals surface area contributed by atoms with Crippen molar-refractivity contribution in [3.05, 3.63) is 60.9 Å². The number of benzene rings is 1. The molecule has 1 N–H and O–H groups in total. The van der Waals surface area contributed by atoms with E-state index in [2.05, 4.69) is 32.1 Å². The van der Waals surface area contributed by atoms with Gasteiger partial charge in [-0.15, -0.1) is 0 Å². The fraction of sp³-hybridized carbons (Fsp3) is 0.263. The zero-order valence-electron chi connectivity index (χ0n) is 14.5. The highest BCUT2D eigenvalue weighted by atomic mass is 16.2. The van der Waals surface area contributed by atoms with E-state index in [9.17, 15) is 4.79 Å². The first kappa shape index (κ1) is 16.3. The Morgan fingerprint density at radius 2 is 2.04 bits per heavy atom. The molecule has 0 aliphatic carbocycles. The van der Waals surface area contributed by atoms with Crippen LogP contribution in [0.4, 0.5) is 11.5 Å². The lowest BCUT2D eigenvalue weighted by molar-refractivity contribution is -0.120. The summed E-state index contributed by atoms with van der Waals surface area (Å²) in [6, 6.07) is 9.84. The number of imidazole rings is 1. The summed E-state index contributed by atoms with van der Waals surface area (Å²) in [7, 11) is 0. The van der Waals surface area contributed by atoms with Crippen LogP contribution in [0.1, 0.15) is 12.5 Å². The van der Waals surface area contributed by atoms with Gasteiger partial charge < -0.3 is 10.2 Å². The third-order valence-electron chi connectivity index (χ3n) is 4.64. The molecule has 0 spiro atoms. The average molecular weight is 348 g/mol. The number of carbonyl (C=O) groups excluding carboxylic acids is 1. The number of nitrogens with one attached hydrogen (secondary N) is 1. The molecule has 0 radical (unpaired) electrons. The van der Waals surface area contributed by atoms with Crippen LogP contribution in [0.5, 0.6) is 0 Å². The van der Waals surface area contributed by atoms with Gasteiger partial charge in [-0.2, -0.15) is 0 Å². The monoisotopic (exact) mass is 348 g/mol. The molecule has 7 heteroatoms. The largest absolute Gasteiger partial charge is 0.355 e. The Kier molecular flexibility index (Phi) is 4.35. The lowest BCUT2D eigenvalue weighted by atomic mass is 9.98. The van der Waals surface area contributed by atoms with Gasteiger partial charge in [0.1, 0.15) is 24.3 Å². The van der Waals surface area contributed by atoms with E-state index in [1.165, 1.54) is 6.33 Å². The number of carbonyl (C=O) groups is 1. The van der Waals surface area contributed by atoms with Crippen molar-refractivity contribution in [1.29, 1.82) is 0 Å². The lowest BCUT2D eigenvalue weighted by Crippen LogP contribution is -2.52. The molecule has 4 rings (SSSR count). The van der Waals surface area contributed by atoms with Crippen molar-refractivity contribution in [3.63, 3.8) is 0 Å². The molecule has 3 aromatic rings. The molecule has 0 unspecified atom stereocenters. The first-order valence-corrected chi connectivity index (χ1v) is 8.68. The summed E-state index contributed by atoms with van der Waals surface area (Å²) in [5.41, 5.74) is 2.06. The van der Waals surface area contributed by atoms with Crippen molar-refractivity contribution in [2.75, 3.05) is 23.3 Å². The smallest absolute Gasteiger partial charge is 0.231 e. The maximum absolute atomic E-state index is 12.5. The minimum atomic E-state index is -0.0356. The lowest BCUT2D eigenvalue weighted by Gasteiger charge is -2.39. The zero-order valence-corrected chi connectivity index (χ0v) is 14.5. The number of nitrogens with zero attached hydrogens (tertiary/aromatic N) is 5. The van der Waals surface area contributed by atoms with Crippen LogP contribution in [0.25, 0.3) is 5.82 Å². The minimum Gasteiger partial charge on any atom is -0.355 e. The van der Waals surface area contributed by atoms with Crippen molar-refractivity contribution >= 4 is 17.4 Å². The van der Waals surface area contributed by atoms with Gasteiger partial charge in [0.05, 0.1) is 5.92 Å². The van der Waals surface area contributed by atoms with Crippen LogP contribution in [0, 0.1) is 5.92 Å². The SMILES string of the molecule is CCc1ccccc1NC(=O)C1CN(c2cc(-n3ccnc3)ncn2)C1. The predicted octanol–water partition coefficient (Wildman–Crippen LogP) is 2.30. The molecular weight excluding hydrogens is 328 g/mol. The first-order chi connectivity index (χ1) is 12.7. The molecular formula is C19H20N6O. The van der Waals surface area contributed by atoms with Gasteiger partial charge in [0.15, 0.2) is 0 Å². The summed E-state index contributed by atoms with van der Waals surface area (Å²) in [6.45, 7) is 3.39. The number of hydrogen-bond donors (Lipinski definition) is 1. The van der Waals surface area contributed by atoms with Crippen LogP contribution >= 0.6 is 0 Å². The normalized spacial score (nSPS) is 14.1. The maximum Gasteiger partial charge on any atom is 0.231 e. The highest BCUT2D eigenvalue weighted by Crippen LogP contribution is 2.25. The maximum atomic E-state index is 12.5. The highest BCUT2D eigenvalue weighted by molar-refractivity contribution is 5.95. The average Bonchev–Trinajstić information content (AvgIpc) is 3.16. The molecule has 7 nitrogen and oxygen atoms in total. The molecule has 26 heavy (non-hydrogen) atoms. The molecule has 1 aromatic carbocycles. The number of amides is 1. The van der Waals surface area contributed by atoms with Gasteiger partial charge in [-0.05, 0) is 18.1 Å². The van der Waals surface area contributed by atoms with E-state index in [0.29, 0.717) is 13.1 Å². The molecule has 2 aromatic heterocycles. The van der Waals surface area contributed by atoms with E-state index in [1.807, 2.05) is 41.1 Å². The summed E-state index contributed by atoms with van der Waals surface area (Å²) in [5.74, 6) is 1.61. The number of aromatic nitrogens is 4. The second kappa shape index (κ2) is 6.95. The third kappa shape index (κ3) is 3.15. The molecule has 1 amide bonds. The number of hydrogen-bond acceptors (Lipinski definition) is 5. The van der Waals surface area contributed by atoms with Gasteiger partial charge in [0, 0.05) is 37.2 Å². The number of rotatable bonds is 5. The standard InChI is InChI=1S/C19H20N6O/c1-2-14-5-3-4-6-16(14)23-19(26)15-10-25(11-15)18-9-17(21-12-22-18)24-8-7-20-13-24/h3-9,12-13,15H,2,10-11H2,1H3,(H,23,26). The van der Waals surface area contributed by atoms with Crippen molar-refractivity contribution < 1.29 is 4.79 Å². The number of aryl methyl sites for hydroxylation is 1. The topological polar surface area (TPSA) is 75.9 Å². The Morgan fingerprint density at radius 1 is 1.23 bits per heavy atom. The molecule has 1 saturated heterocycles. The van der Waals surface area contributed by atoms with Crippen LogP contribution in [-0.2, 0) is 11.2 Å². The predicted molar refractivity (Wildman–Crippen MR) is 99.3 cm³/mol. The van der Waals surface area contributed by atoms with E-state index < -0.39 is 0 Å². The minimum absolute atomic E-state index is 0.0356. The number of para-hydroxylation sites is 1. The summed E-state index contributed by atoms with van der Waals surface area (Å²) < 4.78 is 1.83. The molecule has 0 atom stereocenters. The van der Waals surface area contributed by atoms with Crippen LogP contribution in [0.3, 0.4) is 0 Å². The van der Waals surface area contributed by atoms with E-state index in [-0.39, 0.29) is 11.8 Å². The van der Waals surface area contributed by atoms with Crippen molar-refractivity contribution in [3.8, 4) is 5.82 Å². The Hall–Kier alpha value is -3.22. The molecule has 1 aliphatic rings. The van der Waals surface area contributed by atoms with Gasteiger partial charge in [-0.3, -0.25) is 9.36 Å². The Morgan fingerprint density at radius 3 is 2.81 bits per heavy atom. The van der Waals surface area contributed by atoms with E-state index in [0.717, 1.165) is 29.3 Å². The van der Waals surface area contributed by atoms with Gasteiger partial charge in [-0.1, -0.05) is 25.1 Å². The van der Waals surface area contributed by atoms with Crippen molar-refractivity contribution in [2.45, 2.75) is 13.3 Å². The molecule has 132 valence electrons. The van der Waals surface area contributed by atoms with E-state index in [4.69, 9.17) is 0 Å². The fourth-order valence-electron chi connectivity index (χ4n) is 3.06. The van der Waals surface area contributed by atoms with E-state index in [1.54, 1.807) is 12.5 Å². The Balaban J connectivity index is 1.39. The van der Waals surface area contributed by atoms with Gasteiger partial charge in [0.25, 0.3) is 0 Å². The Labute approximate surface area is 151 Å². The summed E-state index contributed by atoms with van der Waals surface area (Å²) in [5, 5.41) is 3.06. The van der Waals surface area contributed by atoms with Crippen LogP contribution in [0.2, 0.25) is 0 Å². The van der Waals surface area contributed by atoms with Crippen LogP contribution in [-0.4, -0.2) is 38.5 Å². The first-order valence-electron chi connectivity index (χ1n) is 8.68. The highest BCUT2D eigenvalue weighted by Gasteiger charge is 2.33. The van der Waals surface area contributed by atoms with Gasteiger partial charge in [-0.25, -0.2) is 15.0 Å². The zero-order chi connectivity index (χ0) is 17.9. The third-order valence-corrected chi connectivity index (χ3v) is 4.64. The van der Waals surface area contributed by atoms with Crippen LogP contribution < -0.4 is 10.2 Å². The summed E-state index contributed by atoms with van der Waals surface area (Å²) in [6.07, 6.45) is 7.67. The summed E-state index contributed by atoms with van der Waals surface area (Å²) >= 11 is 0. The van der Waals surface area contributed by atoms with E-state index >= 15 is 0 Å². The molecule has 0 bridgehead atoms. The molecule has 0 saturated carbocycles. The molecule has 3 heterocycles. The molecule has 1 fully saturated rings. The number of anilines is 2. The second-order valence-electron chi connectivity index (χ2n) is 6.31. The van der Waals surface area contributed by atoms with Crippen LogP contribution in [0.15, 0.2) is 55.4 Å². The van der Waals surface area contributed by atoms with Gasteiger partial charge in [0.2, 0.25) is 5.91 Å². The Bertz CT molecular complexity index is 902. The van der Waals surface area contributed by atoms with Gasteiger partial charge >= 0.3 is 0 Å². The quantitative estimate of drug-likeness (QED) is 0.766. The summed E-state index contributed by atoms with van der Waals surface area (Å²) in [4.78, 5) is 27.2. The fourth-order valence-corrected chi connectivity index (χ4v) is 3.06. The second-order valence-corrected chi connectivity index (χ2v) is 6.31.